The first kappa shape index (κ1) is 17.2. The Bertz CT molecular complexity index is 917. The summed E-state index contributed by atoms with van der Waals surface area (Å²) in [5.41, 5.74) is 2.69. The van der Waals surface area contributed by atoms with Crippen LogP contribution in [-0.2, 0) is 17.6 Å². The Morgan fingerprint density at radius 2 is 1.41 bits per heavy atom. The van der Waals surface area contributed by atoms with E-state index < -0.39 is 5.97 Å². The SMILES string of the molecule is O=C(COc1ccc2c(c1)CCC2)Oc1ccc(Oc2ccccc2)cc1. The van der Waals surface area contributed by atoms with E-state index in [2.05, 4.69) is 6.07 Å². The summed E-state index contributed by atoms with van der Waals surface area (Å²) in [6, 6.07) is 22.4. The highest BCUT2D eigenvalue weighted by Gasteiger charge is 2.12. The van der Waals surface area contributed by atoms with Crippen LogP contribution in [0.4, 0.5) is 0 Å². The summed E-state index contributed by atoms with van der Waals surface area (Å²) in [4.78, 5) is 12.0. The van der Waals surface area contributed by atoms with E-state index in [0.29, 0.717) is 17.2 Å². The van der Waals surface area contributed by atoms with E-state index in [1.807, 2.05) is 42.5 Å². The molecule has 0 amide bonds. The number of hydrogen-bond donors (Lipinski definition) is 0. The summed E-state index contributed by atoms with van der Waals surface area (Å²) in [5.74, 6) is 2.16. The molecule has 4 nitrogen and oxygen atoms in total. The fourth-order valence-electron chi connectivity index (χ4n) is 3.14. The molecule has 0 spiro atoms. The van der Waals surface area contributed by atoms with E-state index >= 15 is 0 Å². The van der Waals surface area contributed by atoms with Gasteiger partial charge in [0.25, 0.3) is 0 Å². The van der Waals surface area contributed by atoms with Crippen LogP contribution in [0.5, 0.6) is 23.0 Å². The minimum atomic E-state index is -0.438. The lowest BCUT2D eigenvalue weighted by Gasteiger charge is -2.09. The molecule has 0 saturated carbocycles. The molecule has 0 atom stereocenters. The van der Waals surface area contributed by atoms with Gasteiger partial charge in [-0.05, 0) is 78.9 Å². The number of fused-ring (bicyclic) bond motifs is 1. The van der Waals surface area contributed by atoms with E-state index in [4.69, 9.17) is 14.2 Å². The molecule has 3 aromatic rings. The molecular formula is C23H20O4. The first-order chi connectivity index (χ1) is 13.3. The van der Waals surface area contributed by atoms with Gasteiger partial charge in [0.1, 0.15) is 23.0 Å². The molecule has 0 aromatic heterocycles. The molecule has 0 unspecified atom stereocenters. The molecule has 4 heteroatoms. The third-order valence-corrected chi connectivity index (χ3v) is 4.46. The van der Waals surface area contributed by atoms with Crippen molar-refractivity contribution in [2.24, 2.45) is 0 Å². The molecule has 0 aliphatic heterocycles. The second kappa shape index (κ2) is 7.96. The maximum Gasteiger partial charge on any atom is 0.349 e. The molecule has 0 bridgehead atoms. The third kappa shape index (κ3) is 4.47. The maximum absolute atomic E-state index is 12.0. The predicted octanol–water partition coefficient (Wildman–Crippen LogP) is 4.95. The number of hydrogen-bond acceptors (Lipinski definition) is 4. The van der Waals surface area contributed by atoms with E-state index in [9.17, 15) is 4.79 Å². The first-order valence-corrected chi connectivity index (χ1v) is 9.04. The summed E-state index contributed by atoms with van der Waals surface area (Å²) >= 11 is 0. The van der Waals surface area contributed by atoms with E-state index in [-0.39, 0.29) is 6.61 Å². The minimum Gasteiger partial charge on any atom is -0.482 e. The largest absolute Gasteiger partial charge is 0.482 e. The molecular weight excluding hydrogens is 340 g/mol. The highest BCUT2D eigenvalue weighted by atomic mass is 16.6. The lowest BCUT2D eigenvalue weighted by molar-refractivity contribution is -0.136. The van der Waals surface area contributed by atoms with Crippen molar-refractivity contribution in [2.75, 3.05) is 6.61 Å². The van der Waals surface area contributed by atoms with Crippen molar-refractivity contribution in [1.82, 2.24) is 0 Å². The van der Waals surface area contributed by atoms with Gasteiger partial charge in [0, 0.05) is 0 Å². The summed E-state index contributed by atoms with van der Waals surface area (Å²) in [5, 5.41) is 0. The van der Waals surface area contributed by atoms with Crippen LogP contribution in [-0.4, -0.2) is 12.6 Å². The van der Waals surface area contributed by atoms with Crippen LogP contribution < -0.4 is 14.2 Å². The van der Waals surface area contributed by atoms with Crippen molar-refractivity contribution < 1.29 is 19.0 Å². The summed E-state index contributed by atoms with van der Waals surface area (Å²) in [6.07, 6.45) is 3.39. The summed E-state index contributed by atoms with van der Waals surface area (Å²) in [6.45, 7) is -0.124. The molecule has 3 aromatic carbocycles. The lowest BCUT2D eigenvalue weighted by Crippen LogP contribution is -2.17. The Morgan fingerprint density at radius 1 is 0.741 bits per heavy atom. The monoisotopic (exact) mass is 360 g/mol. The summed E-state index contributed by atoms with van der Waals surface area (Å²) in [7, 11) is 0. The molecule has 4 rings (SSSR count). The van der Waals surface area contributed by atoms with Crippen LogP contribution in [0.15, 0.2) is 72.8 Å². The minimum absolute atomic E-state index is 0.124. The van der Waals surface area contributed by atoms with Crippen LogP contribution in [0, 0.1) is 0 Å². The Labute approximate surface area is 158 Å². The zero-order valence-electron chi connectivity index (χ0n) is 14.9. The topological polar surface area (TPSA) is 44.8 Å². The quantitative estimate of drug-likeness (QED) is 0.461. The molecule has 0 fully saturated rings. The van der Waals surface area contributed by atoms with Crippen molar-refractivity contribution in [2.45, 2.75) is 19.3 Å². The van der Waals surface area contributed by atoms with Crippen molar-refractivity contribution in [3.05, 3.63) is 83.9 Å². The highest BCUT2D eigenvalue weighted by molar-refractivity contribution is 5.74. The van der Waals surface area contributed by atoms with Gasteiger partial charge in [-0.15, -0.1) is 0 Å². The van der Waals surface area contributed by atoms with E-state index in [1.54, 1.807) is 24.3 Å². The average Bonchev–Trinajstić information content (AvgIpc) is 3.17. The van der Waals surface area contributed by atoms with Gasteiger partial charge in [0.05, 0.1) is 0 Å². The van der Waals surface area contributed by atoms with Crippen LogP contribution in [0.3, 0.4) is 0 Å². The molecule has 0 N–H and O–H groups in total. The van der Waals surface area contributed by atoms with Gasteiger partial charge in [-0.25, -0.2) is 4.79 Å². The number of benzene rings is 3. The first-order valence-electron chi connectivity index (χ1n) is 9.04. The second-order valence-corrected chi connectivity index (χ2v) is 6.43. The zero-order chi connectivity index (χ0) is 18.5. The Hall–Kier alpha value is -3.27. The number of aryl methyl sites for hydroxylation is 2. The molecule has 0 radical (unpaired) electrons. The Morgan fingerprint density at radius 3 is 2.22 bits per heavy atom. The van der Waals surface area contributed by atoms with Gasteiger partial charge in [-0.2, -0.15) is 0 Å². The van der Waals surface area contributed by atoms with Crippen LogP contribution in [0.25, 0.3) is 0 Å². The van der Waals surface area contributed by atoms with Crippen LogP contribution in [0.1, 0.15) is 17.5 Å². The van der Waals surface area contributed by atoms with E-state index in [0.717, 1.165) is 18.6 Å². The highest BCUT2D eigenvalue weighted by Crippen LogP contribution is 2.26. The normalized spacial score (nSPS) is 12.3. The van der Waals surface area contributed by atoms with Crippen molar-refractivity contribution in [3.63, 3.8) is 0 Å². The van der Waals surface area contributed by atoms with Gasteiger partial charge in [0.2, 0.25) is 0 Å². The predicted molar refractivity (Wildman–Crippen MR) is 103 cm³/mol. The number of para-hydroxylation sites is 1. The molecule has 0 saturated heterocycles. The van der Waals surface area contributed by atoms with Crippen LogP contribution >= 0.6 is 0 Å². The smallest absolute Gasteiger partial charge is 0.349 e. The standard InChI is InChI=1S/C23H20O4/c24-23(16-25-22-10-9-17-5-4-6-18(17)15-22)27-21-13-11-20(12-14-21)26-19-7-2-1-3-8-19/h1-3,7-15H,4-6,16H2. The fraction of sp³-hybridized carbons (Fsp3) is 0.174. The number of carbonyl (C=O) groups excluding carboxylic acids is 1. The molecule has 1 aliphatic rings. The Balaban J connectivity index is 1.29. The zero-order valence-corrected chi connectivity index (χ0v) is 14.9. The second-order valence-electron chi connectivity index (χ2n) is 6.43. The van der Waals surface area contributed by atoms with Crippen molar-refractivity contribution in [1.29, 1.82) is 0 Å². The number of rotatable bonds is 6. The van der Waals surface area contributed by atoms with Gasteiger partial charge in [0.15, 0.2) is 6.61 Å². The molecule has 136 valence electrons. The fourth-order valence-corrected chi connectivity index (χ4v) is 3.14. The molecule has 1 aliphatic carbocycles. The van der Waals surface area contributed by atoms with Gasteiger partial charge >= 0.3 is 5.97 Å². The average molecular weight is 360 g/mol. The Kier molecular flexibility index (Phi) is 5.06. The van der Waals surface area contributed by atoms with Crippen molar-refractivity contribution >= 4 is 5.97 Å². The van der Waals surface area contributed by atoms with Gasteiger partial charge in [-0.1, -0.05) is 24.3 Å². The van der Waals surface area contributed by atoms with Gasteiger partial charge in [-0.3, -0.25) is 0 Å². The number of carbonyl (C=O) groups is 1. The molecule has 0 heterocycles. The van der Waals surface area contributed by atoms with Crippen molar-refractivity contribution in [3.8, 4) is 23.0 Å². The lowest BCUT2D eigenvalue weighted by atomic mass is 10.1. The van der Waals surface area contributed by atoms with Crippen LogP contribution in [0.2, 0.25) is 0 Å². The third-order valence-electron chi connectivity index (χ3n) is 4.46. The molecule has 27 heavy (non-hydrogen) atoms. The number of ether oxygens (including phenoxy) is 3. The van der Waals surface area contributed by atoms with E-state index in [1.165, 1.54) is 17.5 Å². The summed E-state index contributed by atoms with van der Waals surface area (Å²) < 4.78 is 16.6. The number of esters is 1. The van der Waals surface area contributed by atoms with Gasteiger partial charge < -0.3 is 14.2 Å². The maximum atomic E-state index is 12.0.